The Labute approximate surface area is 84.3 Å². The molecule has 1 aromatic heterocycles. The maximum atomic E-state index is 8.48. The molecule has 0 fully saturated rings. The van der Waals surface area contributed by atoms with Crippen LogP contribution in [0.3, 0.4) is 0 Å². The average Bonchev–Trinajstić information content (AvgIpc) is 2.56. The van der Waals surface area contributed by atoms with Gasteiger partial charge in [0.15, 0.2) is 0 Å². The van der Waals surface area contributed by atoms with Crippen molar-refractivity contribution in [3.8, 4) is 6.07 Å². The van der Waals surface area contributed by atoms with Gasteiger partial charge in [0.2, 0.25) is 0 Å². The highest BCUT2D eigenvalue weighted by molar-refractivity contribution is 5.20. The number of hydrogen-bond donors (Lipinski definition) is 0. The maximum Gasteiger partial charge on any atom is 0.0656 e. The molecule has 0 saturated heterocycles. The van der Waals surface area contributed by atoms with Crippen molar-refractivity contribution in [1.29, 1.82) is 5.26 Å². The van der Waals surface area contributed by atoms with Gasteiger partial charge in [-0.05, 0) is 30.7 Å². The van der Waals surface area contributed by atoms with Gasteiger partial charge in [-0.15, -0.1) is 0 Å². The van der Waals surface area contributed by atoms with Gasteiger partial charge in [0.1, 0.15) is 0 Å². The lowest BCUT2D eigenvalue weighted by atomic mass is 9.89. The summed E-state index contributed by atoms with van der Waals surface area (Å²) in [6.07, 6.45) is 6.18. The zero-order chi connectivity index (χ0) is 9.97. The first-order chi connectivity index (χ1) is 6.79. The van der Waals surface area contributed by atoms with Crippen LogP contribution in [0, 0.1) is 17.2 Å². The third-order valence-corrected chi connectivity index (χ3v) is 2.82. The van der Waals surface area contributed by atoms with Crippen LogP contribution in [0.15, 0.2) is 6.20 Å². The second-order valence-electron chi connectivity index (χ2n) is 4.12. The van der Waals surface area contributed by atoms with Crippen LogP contribution in [0.2, 0.25) is 0 Å². The Morgan fingerprint density at radius 3 is 3.36 bits per heavy atom. The average molecular weight is 189 g/mol. The normalized spacial score (nSPS) is 20.1. The van der Waals surface area contributed by atoms with E-state index in [9.17, 15) is 0 Å². The molecule has 0 amide bonds. The molecule has 74 valence electrons. The molecule has 1 atom stereocenters. The van der Waals surface area contributed by atoms with Crippen LogP contribution >= 0.6 is 0 Å². The maximum absolute atomic E-state index is 8.48. The molecule has 1 aromatic rings. The molecular formula is C11H15N3. The minimum atomic E-state index is 0.552. The first-order valence-electron chi connectivity index (χ1n) is 5.21. The largest absolute Gasteiger partial charge is 0.271 e. The van der Waals surface area contributed by atoms with Gasteiger partial charge in [-0.2, -0.15) is 10.4 Å². The third-order valence-electron chi connectivity index (χ3n) is 2.82. The second kappa shape index (κ2) is 3.83. The molecule has 1 unspecified atom stereocenters. The number of nitrogens with zero attached hydrogens (tertiary/aromatic N) is 3. The van der Waals surface area contributed by atoms with Crippen molar-refractivity contribution in [2.45, 2.75) is 39.2 Å². The zero-order valence-corrected chi connectivity index (χ0v) is 8.53. The summed E-state index contributed by atoms with van der Waals surface area (Å²) < 4.78 is 1.92. The van der Waals surface area contributed by atoms with E-state index >= 15 is 0 Å². The van der Waals surface area contributed by atoms with E-state index in [2.05, 4.69) is 24.3 Å². The Bertz CT molecular complexity index is 359. The molecule has 0 radical (unpaired) electrons. The topological polar surface area (TPSA) is 41.6 Å². The van der Waals surface area contributed by atoms with E-state index in [4.69, 9.17) is 5.26 Å². The zero-order valence-electron chi connectivity index (χ0n) is 8.53. The fourth-order valence-corrected chi connectivity index (χ4v) is 2.02. The highest BCUT2D eigenvalue weighted by Gasteiger charge is 2.17. The van der Waals surface area contributed by atoms with Gasteiger partial charge in [-0.3, -0.25) is 4.68 Å². The summed E-state index contributed by atoms with van der Waals surface area (Å²) in [5.74, 6) is 0.788. The number of rotatable bonds is 2. The van der Waals surface area contributed by atoms with Gasteiger partial charge in [-0.1, -0.05) is 6.92 Å². The van der Waals surface area contributed by atoms with E-state index in [1.807, 2.05) is 4.68 Å². The van der Waals surface area contributed by atoms with Crippen LogP contribution in [-0.4, -0.2) is 9.78 Å². The Morgan fingerprint density at radius 1 is 1.71 bits per heavy atom. The van der Waals surface area contributed by atoms with Crippen molar-refractivity contribution in [2.75, 3.05) is 0 Å². The Morgan fingerprint density at radius 2 is 2.57 bits per heavy atom. The number of hydrogen-bond acceptors (Lipinski definition) is 2. The van der Waals surface area contributed by atoms with Gasteiger partial charge in [0.05, 0.1) is 24.7 Å². The molecule has 0 N–H and O–H groups in total. The van der Waals surface area contributed by atoms with Crippen LogP contribution in [0.25, 0.3) is 0 Å². The van der Waals surface area contributed by atoms with Crippen LogP contribution in [0.1, 0.15) is 31.0 Å². The lowest BCUT2D eigenvalue weighted by Gasteiger charge is -2.15. The van der Waals surface area contributed by atoms with Crippen molar-refractivity contribution < 1.29 is 0 Å². The summed E-state index contributed by atoms with van der Waals surface area (Å²) in [7, 11) is 0. The smallest absolute Gasteiger partial charge is 0.0656 e. The standard InChI is InChI=1S/C11H15N3/c1-9-3-4-11-10(7-9)8-14(13-11)6-2-5-12/h8-9H,2-4,6-7H2,1H3. The number of fused-ring (bicyclic) bond motifs is 1. The molecule has 0 aliphatic heterocycles. The summed E-state index contributed by atoms with van der Waals surface area (Å²) in [6, 6.07) is 2.14. The van der Waals surface area contributed by atoms with Crippen molar-refractivity contribution in [1.82, 2.24) is 9.78 Å². The molecule has 3 heteroatoms. The first kappa shape index (κ1) is 9.26. The Kier molecular flexibility index (Phi) is 2.53. The number of aromatic nitrogens is 2. The van der Waals surface area contributed by atoms with E-state index in [1.165, 1.54) is 17.7 Å². The van der Waals surface area contributed by atoms with Crippen LogP contribution in [-0.2, 0) is 19.4 Å². The predicted molar refractivity (Wildman–Crippen MR) is 53.6 cm³/mol. The van der Waals surface area contributed by atoms with E-state index in [1.54, 1.807) is 0 Å². The van der Waals surface area contributed by atoms with Gasteiger partial charge >= 0.3 is 0 Å². The fourth-order valence-electron chi connectivity index (χ4n) is 2.02. The van der Waals surface area contributed by atoms with Gasteiger partial charge in [0, 0.05) is 6.20 Å². The predicted octanol–water partition coefficient (Wildman–Crippen LogP) is 1.92. The van der Waals surface area contributed by atoms with Crippen molar-refractivity contribution in [3.05, 3.63) is 17.5 Å². The Hall–Kier alpha value is -1.30. The van der Waals surface area contributed by atoms with Crippen LogP contribution in [0.4, 0.5) is 0 Å². The summed E-state index contributed by atoms with van der Waals surface area (Å²) in [6.45, 7) is 3.02. The lowest BCUT2D eigenvalue weighted by molar-refractivity contribution is 0.496. The van der Waals surface area contributed by atoms with Crippen molar-refractivity contribution in [3.63, 3.8) is 0 Å². The molecule has 0 saturated carbocycles. The molecular weight excluding hydrogens is 174 g/mol. The van der Waals surface area contributed by atoms with Gasteiger partial charge in [0.25, 0.3) is 0 Å². The lowest BCUT2D eigenvalue weighted by Crippen LogP contribution is -2.09. The first-order valence-corrected chi connectivity index (χ1v) is 5.21. The van der Waals surface area contributed by atoms with Gasteiger partial charge in [-0.25, -0.2) is 0 Å². The summed E-state index contributed by atoms with van der Waals surface area (Å²) >= 11 is 0. The monoisotopic (exact) mass is 189 g/mol. The van der Waals surface area contributed by atoms with Crippen molar-refractivity contribution in [2.24, 2.45) is 5.92 Å². The summed E-state index contributed by atoms with van der Waals surface area (Å²) in [4.78, 5) is 0. The molecule has 1 aliphatic carbocycles. The molecule has 3 nitrogen and oxygen atoms in total. The molecule has 14 heavy (non-hydrogen) atoms. The van der Waals surface area contributed by atoms with E-state index in [0.29, 0.717) is 6.42 Å². The van der Waals surface area contributed by atoms with E-state index < -0.39 is 0 Å². The SMILES string of the molecule is CC1CCc2nn(CCC#N)cc2C1. The summed E-state index contributed by atoms with van der Waals surface area (Å²) in [5, 5.41) is 13.0. The number of nitriles is 1. The fraction of sp³-hybridized carbons (Fsp3) is 0.636. The third kappa shape index (κ3) is 1.79. The number of aryl methyl sites for hydroxylation is 2. The minimum Gasteiger partial charge on any atom is -0.271 e. The molecule has 1 heterocycles. The molecule has 0 spiro atoms. The highest BCUT2D eigenvalue weighted by atomic mass is 15.3. The van der Waals surface area contributed by atoms with Crippen molar-refractivity contribution >= 4 is 0 Å². The highest BCUT2D eigenvalue weighted by Crippen LogP contribution is 2.23. The summed E-state index contributed by atoms with van der Waals surface area (Å²) in [5.41, 5.74) is 2.64. The van der Waals surface area contributed by atoms with Crippen LogP contribution in [0.5, 0.6) is 0 Å². The van der Waals surface area contributed by atoms with E-state index in [-0.39, 0.29) is 0 Å². The molecule has 0 bridgehead atoms. The quantitative estimate of drug-likeness (QED) is 0.713. The molecule has 2 rings (SSSR count). The second-order valence-corrected chi connectivity index (χ2v) is 4.12. The molecule has 0 aromatic carbocycles. The minimum absolute atomic E-state index is 0.552. The van der Waals surface area contributed by atoms with E-state index in [0.717, 1.165) is 25.3 Å². The van der Waals surface area contributed by atoms with Crippen LogP contribution < -0.4 is 0 Å². The van der Waals surface area contributed by atoms with Gasteiger partial charge < -0.3 is 0 Å². The molecule has 1 aliphatic rings. The Balaban J connectivity index is 2.12.